The molecule has 4 heteroatoms. The first-order valence-corrected chi connectivity index (χ1v) is 8.84. The van der Waals surface area contributed by atoms with Gasteiger partial charge in [-0.1, -0.05) is 42.5 Å². The van der Waals surface area contributed by atoms with Gasteiger partial charge in [0.05, 0.1) is 0 Å². The van der Waals surface area contributed by atoms with E-state index in [-0.39, 0.29) is 18.4 Å². The van der Waals surface area contributed by atoms with Gasteiger partial charge in [0, 0.05) is 24.7 Å². The molecule has 2 aromatic carbocycles. The van der Waals surface area contributed by atoms with E-state index < -0.39 is 0 Å². The molecule has 0 atom stereocenters. The lowest BCUT2D eigenvalue weighted by atomic mass is 10.1. The van der Waals surface area contributed by atoms with Gasteiger partial charge in [-0.3, -0.25) is 9.59 Å². The second-order valence-electron chi connectivity index (χ2n) is 7.00. The van der Waals surface area contributed by atoms with Gasteiger partial charge in [0.25, 0.3) is 5.91 Å². The van der Waals surface area contributed by atoms with Crippen molar-refractivity contribution in [1.82, 2.24) is 9.80 Å². The zero-order chi connectivity index (χ0) is 17.4. The van der Waals surface area contributed by atoms with Crippen LogP contribution in [-0.2, 0) is 17.9 Å². The van der Waals surface area contributed by atoms with Crippen LogP contribution in [0.15, 0.2) is 48.5 Å². The molecule has 0 aromatic heterocycles. The molecule has 1 fully saturated rings. The molecule has 0 N–H and O–H groups in total. The van der Waals surface area contributed by atoms with Gasteiger partial charge < -0.3 is 9.80 Å². The molecule has 0 saturated heterocycles. The molecule has 25 heavy (non-hydrogen) atoms. The quantitative estimate of drug-likeness (QED) is 0.843. The lowest BCUT2D eigenvalue weighted by Gasteiger charge is -2.26. The zero-order valence-corrected chi connectivity index (χ0v) is 14.4. The van der Waals surface area contributed by atoms with Crippen LogP contribution in [0, 0.1) is 6.92 Å². The molecule has 4 rings (SSSR count). The van der Waals surface area contributed by atoms with Crippen LogP contribution < -0.4 is 0 Å². The van der Waals surface area contributed by atoms with Gasteiger partial charge in [0.2, 0.25) is 5.91 Å². The summed E-state index contributed by atoms with van der Waals surface area (Å²) in [6, 6.07) is 16.1. The van der Waals surface area contributed by atoms with Crippen molar-refractivity contribution in [3.63, 3.8) is 0 Å². The van der Waals surface area contributed by atoms with Crippen molar-refractivity contribution in [2.24, 2.45) is 0 Å². The molecular weight excluding hydrogens is 312 g/mol. The first kappa shape index (κ1) is 15.9. The zero-order valence-electron chi connectivity index (χ0n) is 14.4. The van der Waals surface area contributed by atoms with Gasteiger partial charge >= 0.3 is 0 Å². The molecule has 2 amide bonds. The molecule has 0 bridgehead atoms. The topological polar surface area (TPSA) is 40.6 Å². The predicted molar refractivity (Wildman–Crippen MR) is 95.9 cm³/mol. The van der Waals surface area contributed by atoms with E-state index in [0.29, 0.717) is 19.1 Å². The normalized spacial score (nSPS) is 16.0. The first-order valence-electron chi connectivity index (χ1n) is 8.84. The molecule has 1 aliphatic heterocycles. The van der Waals surface area contributed by atoms with E-state index in [9.17, 15) is 9.59 Å². The SMILES string of the molecule is Cc1ccccc1CN(C(=O)CN1Cc2ccccc2C1=O)C1CC1. The summed E-state index contributed by atoms with van der Waals surface area (Å²) < 4.78 is 0. The highest BCUT2D eigenvalue weighted by Crippen LogP contribution is 2.30. The molecule has 0 radical (unpaired) electrons. The summed E-state index contributed by atoms with van der Waals surface area (Å²) in [5.74, 6) is 0.0162. The van der Waals surface area contributed by atoms with E-state index in [1.807, 2.05) is 41.3 Å². The van der Waals surface area contributed by atoms with Crippen LogP contribution in [0.25, 0.3) is 0 Å². The van der Waals surface area contributed by atoms with Gasteiger partial charge in [0.15, 0.2) is 0 Å². The maximum Gasteiger partial charge on any atom is 0.254 e. The van der Waals surface area contributed by atoms with Crippen molar-refractivity contribution >= 4 is 11.8 Å². The van der Waals surface area contributed by atoms with Crippen molar-refractivity contribution in [3.8, 4) is 0 Å². The Morgan fingerprint density at radius 3 is 2.56 bits per heavy atom. The summed E-state index contributed by atoms with van der Waals surface area (Å²) >= 11 is 0. The van der Waals surface area contributed by atoms with Crippen molar-refractivity contribution in [2.75, 3.05) is 6.54 Å². The number of carbonyl (C=O) groups is 2. The highest BCUT2D eigenvalue weighted by molar-refractivity contribution is 6.00. The minimum atomic E-state index is -0.0319. The van der Waals surface area contributed by atoms with Crippen LogP contribution in [0.4, 0.5) is 0 Å². The molecule has 2 aromatic rings. The number of fused-ring (bicyclic) bond motifs is 1. The molecule has 128 valence electrons. The number of nitrogens with zero attached hydrogens (tertiary/aromatic N) is 2. The van der Waals surface area contributed by atoms with Gasteiger partial charge in [-0.2, -0.15) is 0 Å². The Hall–Kier alpha value is -2.62. The van der Waals surface area contributed by atoms with Gasteiger partial charge in [-0.15, -0.1) is 0 Å². The highest BCUT2D eigenvalue weighted by Gasteiger charge is 2.35. The smallest absolute Gasteiger partial charge is 0.254 e. The van der Waals surface area contributed by atoms with E-state index in [2.05, 4.69) is 19.1 Å². The fourth-order valence-corrected chi connectivity index (χ4v) is 3.47. The molecule has 1 aliphatic carbocycles. The Bertz CT molecular complexity index is 826. The van der Waals surface area contributed by atoms with Crippen molar-refractivity contribution in [3.05, 3.63) is 70.8 Å². The summed E-state index contributed by atoms with van der Waals surface area (Å²) in [5, 5.41) is 0. The minimum absolute atomic E-state index is 0.0319. The highest BCUT2D eigenvalue weighted by atomic mass is 16.2. The van der Waals surface area contributed by atoms with E-state index in [4.69, 9.17) is 0 Å². The number of hydrogen-bond acceptors (Lipinski definition) is 2. The molecule has 1 saturated carbocycles. The van der Waals surface area contributed by atoms with Crippen LogP contribution in [0.5, 0.6) is 0 Å². The average molecular weight is 334 g/mol. The van der Waals surface area contributed by atoms with Crippen molar-refractivity contribution in [1.29, 1.82) is 0 Å². The van der Waals surface area contributed by atoms with E-state index >= 15 is 0 Å². The molecule has 0 spiro atoms. The first-order chi connectivity index (χ1) is 12.1. The van der Waals surface area contributed by atoms with E-state index in [1.165, 1.54) is 11.1 Å². The van der Waals surface area contributed by atoms with Gasteiger partial charge in [-0.05, 0) is 42.5 Å². The van der Waals surface area contributed by atoms with Crippen LogP contribution in [0.2, 0.25) is 0 Å². The third-order valence-electron chi connectivity index (χ3n) is 5.13. The maximum absolute atomic E-state index is 12.9. The number of benzene rings is 2. The van der Waals surface area contributed by atoms with Crippen LogP contribution >= 0.6 is 0 Å². The number of amides is 2. The summed E-state index contributed by atoms with van der Waals surface area (Å²) in [4.78, 5) is 29.1. The van der Waals surface area contributed by atoms with E-state index in [1.54, 1.807) is 4.90 Å². The minimum Gasteiger partial charge on any atom is -0.334 e. The Morgan fingerprint density at radius 2 is 1.84 bits per heavy atom. The monoisotopic (exact) mass is 334 g/mol. The largest absolute Gasteiger partial charge is 0.334 e. The molecular formula is C21H22N2O2. The Kier molecular flexibility index (Phi) is 4.04. The fourth-order valence-electron chi connectivity index (χ4n) is 3.47. The third-order valence-corrected chi connectivity index (χ3v) is 5.13. The third kappa shape index (κ3) is 3.16. The van der Waals surface area contributed by atoms with Crippen LogP contribution in [0.1, 0.15) is 39.9 Å². The standard InChI is InChI=1S/C21H22N2O2/c1-15-6-2-3-7-16(15)13-23(18-10-11-18)20(24)14-22-12-17-8-4-5-9-19(17)21(22)25/h2-9,18H,10-14H2,1H3. The summed E-state index contributed by atoms with van der Waals surface area (Å²) in [7, 11) is 0. The Morgan fingerprint density at radius 1 is 1.12 bits per heavy atom. The Labute approximate surface area is 148 Å². The summed E-state index contributed by atoms with van der Waals surface area (Å²) in [5.41, 5.74) is 4.12. The lowest BCUT2D eigenvalue weighted by molar-refractivity contribution is -0.133. The number of carbonyl (C=O) groups excluding carboxylic acids is 2. The number of hydrogen-bond donors (Lipinski definition) is 0. The summed E-state index contributed by atoms with van der Waals surface area (Å²) in [6.45, 7) is 3.40. The van der Waals surface area contributed by atoms with Crippen LogP contribution in [-0.4, -0.2) is 34.2 Å². The molecule has 2 aliphatic rings. The van der Waals surface area contributed by atoms with Gasteiger partial charge in [0.1, 0.15) is 6.54 Å². The maximum atomic E-state index is 12.9. The second kappa shape index (κ2) is 6.36. The number of aryl methyl sites for hydroxylation is 1. The molecule has 0 unspecified atom stereocenters. The van der Waals surface area contributed by atoms with Crippen LogP contribution in [0.3, 0.4) is 0 Å². The fraction of sp³-hybridized carbons (Fsp3) is 0.333. The second-order valence-corrected chi connectivity index (χ2v) is 7.00. The average Bonchev–Trinajstić information content (AvgIpc) is 3.40. The summed E-state index contributed by atoms with van der Waals surface area (Å²) in [6.07, 6.45) is 2.12. The number of rotatable bonds is 5. The van der Waals surface area contributed by atoms with E-state index in [0.717, 1.165) is 24.0 Å². The predicted octanol–water partition coefficient (Wildman–Crippen LogP) is 3.14. The lowest BCUT2D eigenvalue weighted by Crippen LogP contribution is -2.41. The van der Waals surface area contributed by atoms with Crippen molar-refractivity contribution in [2.45, 2.75) is 38.9 Å². The Balaban J connectivity index is 1.48. The molecule has 4 nitrogen and oxygen atoms in total. The van der Waals surface area contributed by atoms with Crippen molar-refractivity contribution < 1.29 is 9.59 Å². The molecule has 1 heterocycles. The van der Waals surface area contributed by atoms with Gasteiger partial charge in [-0.25, -0.2) is 0 Å².